The highest BCUT2D eigenvalue weighted by Gasteiger charge is 2.47. The maximum atomic E-state index is 2.71. The molecule has 2 heterocycles. The van der Waals surface area contributed by atoms with Gasteiger partial charge in [-0.05, 0) is 179 Å². The van der Waals surface area contributed by atoms with Gasteiger partial charge in [0.1, 0.15) is 0 Å². The van der Waals surface area contributed by atoms with E-state index >= 15 is 0 Å². The third-order valence-corrected chi connectivity index (χ3v) is 17.3. The molecule has 0 radical (unpaired) electrons. The molecule has 0 spiro atoms. The van der Waals surface area contributed by atoms with Gasteiger partial charge in [0.05, 0.1) is 5.69 Å². The second kappa shape index (κ2) is 15.7. The molecule has 0 aromatic heterocycles. The molecule has 8 aromatic carbocycles. The number of hydrogen-bond acceptors (Lipinski definition) is 2. The zero-order valence-electron chi connectivity index (χ0n) is 44.2. The smallest absolute Gasteiger partial charge is 0.252 e. The van der Waals surface area contributed by atoms with Crippen LogP contribution in [0.15, 0.2) is 164 Å². The molecule has 0 bridgehead atoms. The van der Waals surface area contributed by atoms with E-state index in [1.165, 1.54) is 112 Å². The van der Waals surface area contributed by atoms with E-state index in [2.05, 4.69) is 257 Å². The fourth-order valence-corrected chi connectivity index (χ4v) is 13.6. The summed E-state index contributed by atoms with van der Waals surface area (Å²) in [6.07, 6.45) is 3.45. The Morgan fingerprint density at radius 2 is 0.930 bits per heavy atom. The minimum absolute atomic E-state index is 0.00295. The third-order valence-electron chi connectivity index (χ3n) is 17.3. The molecule has 2 aliphatic heterocycles. The highest BCUT2D eigenvalue weighted by Crippen LogP contribution is 2.54. The summed E-state index contributed by atoms with van der Waals surface area (Å²) in [7, 11) is 0. The molecular weight excluding hydrogens is 856 g/mol. The Balaban J connectivity index is 1.18. The van der Waals surface area contributed by atoms with Crippen molar-refractivity contribution in [1.82, 2.24) is 0 Å². The molecule has 0 N–H and O–H groups in total. The average molecular weight is 925 g/mol. The summed E-state index contributed by atoms with van der Waals surface area (Å²) in [6, 6.07) is 63.5. The zero-order valence-corrected chi connectivity index (χ0v) is 44.2. The number of benzene rings is 8. The standard InChI is InChI=1S/C68H69BN2/c1-43-35-61-63-62(36-43)71(58-32-27-49(64(2,3)4)39-51(58)48-25-30-52-53(37-48)68(11,12)42-67(52,9)10)60-41-55-54(65(5,6)33-34-66(55,7)8)40-57(60)69(63)56-38-47(45-21-17-14-18-22-45)26-31-59(56)70(61)50-28-23-46(24-29-50)44-19-15-13-16-20-44/h13-32,35-41H,33-34,42H2,1-12H3. The highest BCUT2D eigenvalue weighted by atomic mass is 15.2. The first-order valence-corrected chi connectivity index (χ1v) is 26.3. The van der Waals surface area contributed by atoms with E-state index in [1.807, 2.05) is 0 Å². The lowest BCUT2D eigenvalue weighted by molar-refractivity contribution is 0.332. The average Bonchev–Trinajstić information content (AvgIpc) is 3.54. The van der Waals surface area contributed by atoms with Crippen LogP contribution >= 0.6 is 0 Å². The molecule has 12 rings (SSSR count). The van der Waals surface area contributed by atoms with Gasteiger partial charge in [-0.25, -0.2) is 0 Å². The van der Waals surface area contributed by atoms with Crippen molar-refractivity contribution in [1.29, 1.82) is 0 Å². The molecule has 2 nitrogen and oxygen atoms in total. The SMILES string of the molecule is Cc1cc2c3c(c1)N(c1ccc(C(C)(C)C)cc1-c1ccc4c(c1)C(C)(C)CC4(C)C)c1cc4c(cc1B3c1cc(-c3ccccc3)ccc1N2c1ccc(-c2ccccc2)cc1)C(C)(C)CCC4(C)C. The van der Waals surface area contributed by atoms with Crippen LogP contribution in [0.4, 0.5) is 34.1 Å². The Bertz CT molecular complexity index is 3440. The minimum atomic E-state index is -0.0376. The summed E-state index contributed by atoms with van der Waals surface area (Å²) in [5, 5.41) is 0. The normalized spacial score (nSPS) is 17.5. The molecular formula is C68H69BN2. The molecule has 71 heavy (non-hydrogen) atoms. The van der Waals surface area contributed by atoms with Crippen molar-refractivity contribution < 1.29 is 0 Å². The number of nitrogens with zero attached hydrogens (tertiary/aromatic N) is 2. The van der Waals surface area contributed by atoms with Crippen molar-refractivity contribution in [3.63, 3.8) is 0 Å². The van der Waals surface area contributed by atoms with E-state index in [1.54, 1.807) is 0 Å². The van der Waals surface area contributed by atoms with E-state index in [4.69, 9.17) is 0 Å². The lowest BCUT2D eigenvalue weighted by Gasteiger charge is -2.48. The number of aryl methyl sites for hydroxylation is 1. The molecule has 8 aromatic rings. The van der Waals surface area contributed by atoms with Crippen LogP contribution < -0.4 is 26.2 Å². The van der Waals surface area contributed by atoms with Crippen molar-refractivity contribution in [2.24, 2.45) is 0 Å². The molecule has 2 aliphatic carbocycles. The van der Waals surface area contributed by atoms with Crippen LogP contribution in [0, 0.1) is 6.92 Å². The lowest BCUT2D eigenvalue weighted by Crippen LogP contribution is -2.62. The van der Waals surface area contributed by atoms with Crippen LogP contribution in [0.2, 0.25) is 0 Å². The van der Waals surface area contributed by atoms with Crippen LogP contribution in [0.3, 0.4) is 0 Å². The Morgan fingerprint density at radius 3 is 1.58 bits per heavy atom. The quantitative estimate of drug-likeness (QED) is 0.159. The number of fused-ring (bicyclic) bond motifs is 6. The Kier molecular flexibility index (Phi) is 10.1. The second-order valence-electron chi connectivity index (χ2n) is 25.3. The van der Waals surface area contributed by atoms with Crippen LogP contribution in [-0.4, -0.2) is 6.71 Å². The van der Waals surface area contributed by atoms with E-state index in [9.17, 15) is 0 Å². The topological polar surface area (TPSA) is 6.48 Å². The van der Waals surface area contributed by atoms with Gasteiger partial charge in [-0.15, -0.1) is 0 Å². The maximum absolute atomic E-state index is 2.71. The predicted molar refractivity (Wildman–Crippen MR) is 306 cm³/mol. The van der Waals surface area contributed by atoms with Gasteiger partial charge in [0, 0.05) is 34.0 Å². The van der Waals surface area contributed by atoms with Crippen LogP contribution in [0.1, 0.15) is 129 Å². The maximum Gasteiger partial charge on any atom is 0.252 e. The van der Waals surface area contributed by atoms with Crippen LogP contribution in [0.5, 0.6) is 0 Å². The van der Waals surface area contributed by atoms with Gasteiger partial charge in [0.2, 0.25) is 0 Å². The van der Waals surface area contributed by atoms with Crippen LogP contribution in [0.25, 0.3) is 33.4 Å². The summed E-state index contributed by atoms with van der Waals surface area (Å²) in [6.45, 7) is 29.1. The molecule has 0 fully saturated rings. The van der Waals surface area contributed by atoms with Crippen molar-refractivity contribution in [3.05, 3.63) is 197 Å². The molecule has 0 atom stereocenters. The summed E-state index contributed by atoms with van der Waals surface area (Å²) in [4.78, 5) is 5.28. The van der Waals surface area contributed by atoms with Crippen molar-refractivity contribution >= 4 is 57.2 Å². The minimum Gasteiger partial charge on any atom is -0.311 e. The van der Waals surface area contributed by atoms with Gasteiger partial charge in [0.25, 0.3) is 6.71 Å². The van der Waals surface area contributed by atoms with Gasteiger partial charge in [-0.3, -0.25) is 0 Å². The summed E-state index contributed by atoms with van der Waals surface area (Å²) in [5.74, 6) is 0. The fourth-order valence-electron chi connectivity index (χ4n) is 13.6. The van der Waals surface area contributed by atoms with E-state index in [-0.39, 0.29) is 33.8 Å². The number of hydrogen-bond donors (Lipinski definition) is 0. The first-order valence-electron chi connectivity index (χ1n) is 26.3. The monoisotopic (exact) mass is 925 g/mol. The molecule has 0 amide bonds. The van der Waals surface area contributed by atoms with E-state index in [0.717, 1.165) is 24.9 Å². The molecule has 4 aliphatic rings. The second-order valence-corrected chi connectivity index (χ2v) is 25.3. The van der Waals surface area contributed by atoms with Gasteiger partial charge in [0.15, 0.2) is 0 Å². The fraction of sp³-hybridized carbons (Fsp3) is 0.294. The van der Waals surface area contributed by atoms with Gasteiger partial charge in [-0.2, -0.15) is 0 Å². The molecule has 354 valence electrons. The number of rotatable bonds is 5. The predicted octanol–water partition coefficient (Wildman–Crippen LogP) is 16.7. The van der Waals surface area contributed by atoms with Crippen molar-refractivity contribution in [2.45, 2.75) is 129 Å². The third kappa shape index (κ3) is 7.27. The Labute approximate surface area is 424 Å². The van der Waals surface area contributed by atoms with Crippen molar-refractivity contribution in [2.75, 3.05) is 9.80 Å². The van der Waals surface area contributed by atoms with Crippen molar-refractivity contribution in [3.8, 4) is 33.4 Å². The largest absolute Gasteiger partial charge is 0.311 e. The lowest BCUT2D eigenvalue weighted by atomic mass is 9.33. The number of anilines is 6. The summed E-state index contributed by atoms with van der Waals surface area (Å²) in [5.41, 5.74) is 27.8. The Morgan fingerprint density at radius 1 is 0.408 bits per heavy atom. The molecule has 3 heteroatoms. The Hall–Kier alpha value is -6.58. The molecule has 0 saturated carbocycles. The zero-order chi connectivity index (χ0) is 49.6. The van der Waals surface area contributed by atoms with Gasteiger partial charge in [-0.1, -0.05) is 191 Å². The molecule has 0 unspecified atom stereocenters. The van der Waals surface area contributed by atoms with Gasteiger partial charge < -0.3 is 9.80 Å². The first kappa shape index (κ1) is 45.6. The van der Waals surface area contributed by atoms with Crippen LogP contribution in [-0.2, 0) is 27.1 Å². The highest BCUT2D eigenvalue weighted by molar-refractivity contribution is 7.00. The van der Waals surface area contributed by atoms with E-state index in [0.29, 0.717) is 0 Å². The van der Waals surface area contributed by atoms with E-state index < -0.39 is 0 Å². The molecule has 0 saturated heterocycles. The summed E-state index contributed by atoms with van der Waals surface area (Å²) < 4.78 is 0. The first-order chi connectivity index (χ1) is 33.7. The van der Waals surface area contributed by atoms with Gasteiger partial charge >= 0.3 is 0 Å². The summed E-state index contributed by atoms with van der Waals surface area (Å²) >= 11 is 0.